The zero-order chi connectivity index (χ0) is 14.0. The van der Waals surface area contributed by atoms with Crippen LogP contribution in [0, 0.1) is 13.8 Å². The average Bonchev–Trinajstić information content (AvgIpc) is 2.56. The van der Waals surface area contributed by atoms with Crippen LogP contribution in [0.4, 0.5) is 0 Å². The number of sulfonamides is 1. The minimum Gasteiger partial charge on any atom is -0.388 e. The van der Waals surface area contributed by atoms with Gasteiger partial charge in [-0.05, 0) is 33.1 Å². The molecule has 1 unspecified atom stereocenters. The maximum atomic E-state index is 12.1. The summed E-state index contributed by atoms with van der Waals surface area (Å²) in [4.78, 5) is 2.04. The maximum absolute atomic E-state index is 12.1. The third-order valence-corrected chi connectivity index (χ3v) is 5.92. The molecule has 0 spiro atoms. The van der Waals surface area contributed by atoms with Crippen molar-refractivity contribution in [3.8, 4) is 0 Å². The smallest absolute Gasteiger partial charge is 0.241 e. The van der Waals surface area contributed by atoms with Crippen LogP contribution in [-0.2, 0) is 10.0 Å². The van der Waals surface area contributed by atoms with Gasteiger partial charge in [0, 0.05) is 22.1 Å². The lowest BCUT2D eigenvalue weighted by Gasteiger charge is -2.22. The van der Waals surface area contributed by atoms with E-state index in [4.69, 9.17) is 0 Å². The van der Waals surface area contributed by atoms with Crippen LogP contribution in [0.3, 0.4) is 0 Å². The van der Waals surface area contributed by atoms with Crippen molar-refractivity contribution in [1.29, 1.82) is 0 Å². The van der Waals surface area contributed by atoms with Crippen LogP contribution >= 0.6 is 23.1 Å². The first kappa shape index (κ1) is 16.0. The van der Waals surface area contributed by atoms with E-state index in [9.17, 15) is 13.5 Å². The Bertz CT molecular complexity index is 506. The van der Waals surface area contributed by atoms with Crippen molar-refractivity contribution < 1.29 is 13.5 Å². The van der Waals surface area contributed by atoms with E-state index in [-0.39, 0.29) is 6.54 Å². The summed E-state index contributed by atoms with van der Waals surface area (Å²) in [5, 5.41) is 9.95. The van der Waals surface area contributed by atoms with Crippen LogP contribution in [0.1, 0.15) is 16.7 Å². The van der Waals surface area contributed by atoms with E-state index in [2.05, 4.69) is 4.72 Å². The molecule has 1 atom stereocenters. The van der Waals surface area contributed by atoms with E-state index in [0.29, 0.717) is 10.6 Å². The molecule has 0 aromatic carbocycles. The molecule has 0 radical (unpaired) electrons. The number of aliphatic hydroxyl groups is 1. The largest absolute Gasteiger partial charge is 0.388 e. The number of aryl methyl sites for hydroxylation is 2. The van der Waals surface area contributed by atoms with E-state index in [0.717, 1.165) is 9.75 Å². The van der Waals surface area contributed by atoms with Crippen LogP contribution < -0.4 is 4.72 Å². The second-order valence-corrected chi connectivity index (χ2v) is 8.59. The lowest BCUT2D eigenvalue weighted by molar-refractivity contribution is 0.0908. The van der Waals surface area contributed by atoms with E-state index in [1.165, 1.54) is 23.1 Å². The molecule has 7 heteroatoms. The molecule has 0 saturated heterocycles. The number of hydrogen-bond acceptors (Lipinski definition) is 5. The summed E-state index contributed by atoms with van der Waals surface area (Å²) in [7, 11) is -3.53. The van der Waals surface area contributed by atoms with E-state index < -0.39 is 15.6 Å². The van der Waals surface area contributed by atoms with Gasteiger partial charge in [-0.2, -0.15) is 11.8 Å². The molecular weight excluding hydrogens is 290 g/mol. The first-order chi connectivity index (χ1) is 8.18. The Morgan fingerprint density at radius 1 is 1.50 bits per heavy atom. The van der Waals surface area contributed by atoms with Gasteiger partial charge in [0.25, 0.3) is 0 Å². The van der Waals surface area contributed by atoms with Gasteiger partial charge in [0.1, 0.15) is 0 Å². The van der Waals surface area contributed by atoms with Crippen LogP contribution in [0.2, 0.25) is 0 Å². The van der Waals surface area contributed by atoms with Crippen LogP contribution in [0.15, 0.2) is 11.0 Å². The van der Waals surface area contributed by atoms with Gasteiger partial charge in [-0.1, -0.05) is 0 Å². The van der Waals surface area contributed by atoms with Crippen molar-refractivity contribution in [1.82, 2.24) is 4.72 Å². The van der Waals surface area contributed by atoms with Gasteiger partial charge in [0.2, 0.25) is 10.0 Å². The van der Waals surface area contributed by atoms with E-state index in [1.807, 2.05) is 13.2 Å². The molecule has 0 fully saturated rings. The molecule has 1 aromatic rings. The molecule has 1 rings (SSSR count). The molecule has 0 amide bonds. The summed E-state index contributed by atoms with van der Waals surface area (Å²) < 4.78 is 26.7. The maximum Gasteiger partial charge on any atom is 0.241 e. The second-order valence-electron chi connectivity index (χ2n) is 4.53. The van der Waals surface area contributed by atoms with Crippen LogP contribution in [0.25, 0.3) is 0 Å². The molecule has 18 heavy (non-hydrogen) atoms. The number of nitrogens with one attached hydrogen (secondary N) is 1. The minimum atomic E-state index is -3.53. The number of thiophene rings is 1. The molecule has 4 nitrogen and oxygen atoms in total. The van der Waals surface area contributed by atoms with Crippen molar-refractivity contribution in [2.24, 2.45) is 0 Å². The normalized spacial score (nSPS) is 15.6. The minimum absolute atomic E-state index is 0.0184. The molecular formula is C11H19NO3S3. The standard InChI is InChI=1S/C11H19NO3S3/c1-8-5-10(9(2)17-8)18(14,15)12-6-11(3,13)7-16-4/h5,12-13H,6-7H2,1-4H3. The predicted molar refractivity (Wildman–Crippen MR) is 78.0 cm³/mol. The van der Waals surface area contributed by atoms with Crippen molar-refractivity contribution in [3.63, 3.8) is 0 Å². The summed E-state index contributed by atoms with van der Waals surface area (Å²) in [6.45, 7) is 5.30. The lowest BCUT2D eigenvalue weighted by Crippen LogP contribution is -2.42. The highest BCUT2D eigenvalue weighted by atomic mass is 32.2. The average molecular weight is 309 g/mol. The monoisotopic (exact) mass is 309 g/mol. The fourth-order valence-electron chi connectivity index (χ4n) is 1.56. The molecule has 2 N–H and O–H groups in total. The number of rotatable bonds is 6. The molecule has 0 saturated carbocycles. The first-order valence-electron chi connectivity index (χ1n) is 5.46. The Labute approximate surface area is 117 Å². The highest BCUT2D eigenvalue weighted by Gasteiger charge is 2.25. The van der Waals surface area contributed by atoms with E-state index in [1.54, 1.807) is 19.9 Å². The molecule has 1 heterocycles. The topological polar surface area (TPSA) is 66.4 Å². The molecule has 0 aliphatic carbocycles. The molecule has 1 aromatic heterocycles. The van der Waals surface area contributed by atoms with Crippen molar-refractivity contribution in [3.05, 3.63) is 15.8 Å². The molecule has 0 aliphatic heterocycles. The summed E-state index contributed by atoms with van der Waals surface area (Å²) in [6.07, 6.45) is 1.87. The van der Waals surface area contributed by atoms with Gasteiger partial charge >= 0.3 is 0 Å². The Morgan fingerprint density at radius 2 is 2.11 bits per heavy atom. The Morgan fingerprint density at radius 3 is 2.56 bits per heavy atom. The van der Waals surface area contributed by atoms with Crippen molar-refractivity contribution in [2.75, 3.05) is 18.6 Å². The van der Waals surface area contributed by atoms with Crippen molar-refractivity contribution >= 4 is 33.1 Å². The summed E-state index contributed by atoms with van der Waals surface area (Å²) >= 11 is 2.93. The predicted octanol–water partition coefficient (Wildman–Crippen LogP) is 1.76. The van der Waals surface area contributed by atoms with Gasteiger partial charge < -0.3 is 5.11 Å². The Hall–Kier alpha value is -0.0800. The summed E-state index contributed by atoms with van der Waals surface area (Å²) in [5.41, 5.74) is -1.04. The highest BCUT2D eigenvalue weighted by molar-refractivity contribution is 7.98. The fraction of sp³-hybridized carbons (Fsp3) is 0.636. The van der Waals surface area contributed by atoms with Gasteiger partial charge in [-0.15, -0.1) is 11.3 Å². The van der Waals surface area contributed by atoms with E-state index >= 15 is 0 Å². The fourth-order valence-corrected chi connectivity index (χ4v) is 5.00. The molecule has 0 bridgehead atoms. The lowest BCUT2D eigenvalue weighted by atomic mass is 10.1. The third kappa shape index (κ3) is 4.24. The zero-order valence-electron chi connectivity index (χ0n) is 11.0. The van der Waals surface area contributed by atoms with Gasteiger partial charge in [0.15, 0.2) is 0 Å². The Kier molecular flexibility index (Phi) is 5.25. The number of hydrogen-bond donors (Lipinski definition) is 2. The van der Waals surface area contributed by atoms with Crippen LogP contribution in [-0.4, -0.2) is 37.7 Å². The molecule has 0 aliphatic rings. The zero-order valence-corrected chi connectivity index (χ0v) is 13.4. The van der Waals surface area contributed by atoms with Gasteiger partial charge in [-0.3, -0.25) is 0 Å². The highest BCUT2D eigenvalue weighted by Crippen LogP contribution is 2.25. The van der Waals surface area contributed by atoms with Crippen LogP contribution in [0.5, 0.6) is 0 Å². The first-order valence-corrected chi connectivity index (χ1v) is 9.15. The van der Waals surface area contributed by atoms with Gasteiger partial charge in [0.05, 0.1) is 10.5 Å². The quantitative estimate of drug-likeness (QED) is 0.840. The van der Waals surface area contributed by atoms with Gasteiger partial charge in [-0.25, -0.2) is 13.1 Å². The third-order valence-electron chi connectivity index (χ3n) is 2.38. The summed E-state index contributed by atoms with van der Waals surface area (Å²) in [5.74, 6) is 0.483. The van der Waals surface area contributed by atoms with Crippen molar-refractivity contribution in [2.45, 2.75) is 31.3 Å². The number of thioether (sulfide) groups is 1. The second kappa shape index (κ2) is 5.92. The molecule has 104 valence electrons. The summed E-state index contributed by atoms with van der Waals surface area (Å²) in [6, 6.07) is 1.66. The SMILES string of the molecule is CSCC(C)(O)CNS(=O)(=O)c1cc(C)sc1C. The Balaban J connectivity index is 2.81.